The number of alkyl halides is 1. The molecule has 0 aliphatic carbocycles. The monoisotopic (exact) mass is 242 g/mol. The van der Waals surface area contributed by atoms with Crippen LogP contribution in [0.25, 0.3) is 0 Å². The van der Waals surface area contributed by atoms with E-state index in [0.717, 1.165) is 0 Å². The molecule has 14 heavy (non-hydrogen) atoms. The fourth-order valence-corrected chi connectivity index (χ4v) is 0.580. The molecule has 0 saturated heterocycles. The third-order valence-electron chi connectivity index (χ3n) is 0.964. The molecule has 0 aromatic heterocycles. The molecule has 4 nitrogen and oxygen atoms in total. The summed E-state index contributed by atoms with van der Waals surface area (Å²) in [5.74, 6) is 0.569. The van der Waals surface area contributed by atoms with Gasteiger partial charge in [0.25, 0.3) is 0 Å². The van der Waals surface area contributed by atoms with Gasteiger partial charge in [0.15, 0.2) is 0 Å². The third kappa shape index (κ3) is 11.2. The lowest BCUT2D eigenvalue weighted by Crippen LogP contribution is -1.87. The van der Waals surface area contributed by atoms with E-state index in [4.69, 9.17) is 13.0 Å². The van der Waals surface area contributed by atoms with Gasteiger partial charge < -0.3 is 4.74 Å². The fraction of sp³-hybridized carbons (Fsp3) is 0.143. The molecule has 7 heteroatoms. The van der Waals surface area contributed by atoms with Crippen molar-refractivity contribution in [3.05, 3.63) is 30.3 Å². The Morgan fingerprint density at radius 2 is 1.79 bits per heavy atom. The normalized spacial score (nSPS) is 9.93. The first-order valence-corrected chi connectivity index (χ1v) is 5.61. The van der Waals surface area contributed by atoms with Crippen LogP contribution in [0.5, 0.6) is 5.75 Å². The first-order chi connectivity index (χ1) is 6.43. The summed E-state index contributed by atoms with van der Waals surface area (Å²) < 4.78 is 41.2. The van der Waals surface area contributed by atoms with Crippen LogP contribution in [0, 0.1) is 0 Å². The van der Waals surface area contributed by atoms with E-state index in [1.165, 1.54) is 0 Å². The van der Waals surface area contributed by atoms with Crippen LogP contribution in [0.3, 0.4) is 0 Å². The van der Waals surface area contributed by atoms with E-state index in [0.29, 0.717) is 5.75 Å². The highest BCUT2D eigenvalue weighted by atomic mass is 35.7. The van der Waals surface area contributed by atoms with Gasteiger partial charge in [0.2, 0.25) is 6.86 Å². The number of halogens is 2. The molecule has 0 aliphatic rings. The SMILES string of the molecule is FCOc1ccccc1.O=S(=O)(O)Cl. The number of ether oxygens (including phenoxy) is 1. The largest absolute Gasteiger partial charge is 0.463 e. The molecule has 0 amide bonds. The predicted molar refractivity (Wildman–Crippen MR) is 50.4 cm³/mol. The van der Waals surface area contributed by atoms with E-state index in [1.807, 2.05) is 6.07 Å². The van der Waals surface area contributed by atoms with Gasteiger partial charge in [0, 0.05) is 10.7 Å². The highest BCUT2D eigenvalue weighted by Gasteiger charge is 1.87. The molecule has 1 N–H and O–H groups in total. The van der Waals surface area contributed by atoms with E-state index in [9.17, 15) is 4.39 Å². The van der Waals surface area contributed by atoms with Gasteiger partial charge >= 0.3 is 9.33 Å². The molecule has 1 rings (SSSR count). The van der Waals surface area contributed by atoms with Crippen molar-refractivity contribution in [1.82, 2.24) is 0 Å². The maximum absolute atomic E-state index is 11.5. The predicted octanol–water partition coefficient (Wildman–Crippen LogP) is 2.02. The second-order valence-electron chi connectivity index (χ2n) is 1.98. The molecule has 1 aromatic carbocycles. The van der Waals surface area contributed by atoms with E-state index in [-0.39, 0.29) is 0 Å². The van der Waals surface area contributed by atoms with Gasteiger partial charge in [-0.15, -0.1) is 0 Å². The Labute approximate surface area is 85.5 Å². The molecule has 1 aromatic rings. The van der Waals surface area contributed by atoms with Crippen LogP contribution in [-0.2, 0) is 9.33 Å². The molecule has 0 bridgehead atoms. The molecular formula is C7H8ClFO4S. The summed E-state index contributed by atoms with van der Waals surface area (Å²) >= 11 is 0. The third-order valence-corrected chi connectivity index (χ3v) is 0.964. The van der Waals surface area contributed by atoms with Gasteiger partial charge in [-0.2, -0.15) is 8.42 Å². The lowest BCUT2D eigenvalue weighted by molar-refractivity contribution is 0.192. The second-order valence-corrected chi connectivity index (χ2v) is 3.97. The Hall–Kier alpha value is -0.850. The standard InChI is InChI=1S/C7H7FO.ClHO3S/c8-6-9-7-4-2-1-3-5-7;1-5(2,3)4/h1-5H,6H2;(H,2,3,4). The average Bonchev–Trinajstić information content (AvgIpc) is 2.03. The summed E-state index contributed by atoms with van der Waals surface area (Å²) in [5.41, 5.74) is 0. The summed E-state index contributed by atoms with van der Waals surface area (Å²) in [6.07, 6.45) is 0. The van der Waals surface area contributed by atoms with Crippen LogP contribution < -0.4 is 4.74 Å². The summed E-state index contributed by atoms with van der Waals surface area (Å²) in [6, 6.07) is 8.86. The van der Waals surface area contributed by atoms with E-state index in [1.54, 1.807) is 24.3 Å². The first-order valence-electron chi connectivity index (χ1n) is 3.34. The lowest BCUT2D eigenvalue weighted by Gasteiger charge is -1.96. The van der Waals surface area contributed by atoms with Crippen molar-refractivity contribution in [2.24, 2.45) is 0 Å². The van der Waals surface area contributed by atoms with E-state index < -0.39 is 16.2 Å². The van der Waals surface area contributed by atoms with Crippen LogP contribution in [0.2, 0.25) is 0 Å². The molecule has 0 atom stereocenters. The topological polar surface area (TPSA) is 63.6 Å². The Bertz CT molecular complexity index is 332. The molecule has 0 unspecified atom stereocenters. The Morgan fingerprint density at radius 1 is 1.36 bits per heavy atom. The number of benzene rings is 1. The summed E-state index contributed by atoms with van der Waals surface area (Å²) in [5, 5.41) is 0. The van der Waals surface area contributed by atoms with Gasteiger partial charge in [0.1, 0.15) is 5.75 Å². The molecule has 0 radical (unpaired) electrons. The molecule has 0 aliphatic heterocycles. The Balaban J connectivity index is 0.000000292. The van der Waals surface area contributed by atoms with Crippen molar-refractivity contribution in [3.8, 4) is 5.75 Å². The molecule has 80 valence electrons. The minimum absolute atomic E-state index is 0.569. The van der Waals surface area contributed by atoms with Gasteiger partial charge in [0.05, 0.1) is 0 Å². The van der Waals surface area contributed by atoms with Crippen molar-refractivity contribution in [1.29, 1.82) is 0 Å². The number of rotatable bonds is 2. The summed E-state index contributed by atoms with van der Waals surface area (Å²) in [6.45, 7) is -0.760. The quantitative estimate of drug-likeness (QED) is 0.637. The van der Waals surface area contributed by atoms with Crippen molar-refractivity contribution in [3.63, 3.8) is 0 Å². The highest BCUT2D eigenvalue weighted by Crippen LogP contribution is 2.07. The second kappa shape index (κ2) is 6.58. The van der Waals surface area contributed by atoms with Crippen molar-refractivity contribution < 1.29 is 22.1 Å². The smallest absolute Gasteiger partial charge is 0.353 e. The van der Waals surface area contributed by atoms with E-state index >= 15 is 0 Å². The van der Waals surface area contributed by atoms with Gasteiger partial charge in [-0.25, -0.2) is 4.39 Å². The maximum Gasteiger partial charge on any atom is 0.353 e. The number of hydrogen-bond donors (Lipinski definition) is 1. The summed E-state index contributed by atoms with van der Waals surface area (Å²) in [4.78, 5) is 0. The zero-order valence-corrected chi connectivity index (χ0v) is 8.50. The summed E-state index contributed by atoms with van der Waals surface area (Å²) in [7, 11) is -0.137. The zero-order valence-electron chi connectivity index (χ0n) is 6.93. The van der Waals surface area contributed by atoms with Crippen LogP contribution in [0.15, 0.2) is 30.3 Å². The molecule has 0 fully saturated rings. The Kier molecular flexibility index (Phi) is 6.18. The van der Waals surface area contributed by atoms with Crippen LogP contribution >= 0.6 is 10.7 Å². The minimum Gasteiger partial charge on any atom is -0.463 e. The van der Waals surface area contributed by atoms with Gasteiger partial charge in [-0.3, -0.25) is 4.55 Å². The van der Waals surface area contributed by atoms with Crippen molar-refractivity contribution in [2.75, 3.05) is 6.86 Å². The molecular weight excluding hydrogens is 235 g/mol. The molecule has 0 spiro atoms. The minimum atomic E-state index is -4.19. The maximum atomic E-state index is 11.5. The highest BCUT2D eigenvalue weighted by molar-refractivity contribution is 8.09. The number of para-hydroxylation sites is 1. The van der Waals surface area contributed by atoms with Gasteiger partial charge in [-0.1, -0.05) is 18.2 Å². The van der Waals surface area contributed by atoms with E-state index in [2.05, 4.69) is 15.4 Å². The van der Waals surface area contributed by atoms with Crippen molar-refractivity contribution >= 4 is 20.0 Å². The first kappa shape index (κ1) is 13.2. The van der Waals surface area contributed by atoms with Crippen LogP contribution in [0.4, 0.5) is 4.39 Å². The van der Waals surface area contributed by atoms with Crippen LogP contribution in [0.1, 0.15) is 0 Å². The van der Waals surface area contributed by atoms with Crippen molar-refractivity contribution in [2.45, 2.75) is 0 Å². The lowest BCUT2D eigenvalue weighted by atomic mass is 10.3. The molecule has 0 saturated carbocycles. The average molecular weight is 243 g/mol. The van der Waals surface area contributed by atoms with Gasteiger partial charge in [-0.05, 0) is 12.1 Å². The molecule has 0 heterocycles. The fourth-order valence-electron chi connectivity index (χ4n) is 0.580. The Morgan fingerprint density at radius 3 is 2.14 bits per heavy atom. The van der Waals surface area contributed by atoms with Crippen LogP contribution in [-0.4, -0.2) is 19.8 Å². The zero-order chi connectivity index (χ0) is 11.0. The number of hydrogen-bond acceptors (Lipinski definition) is 3.